The third kappa shape index (κ3) is 2.87. The zero-order valence-corrected chi connectivity index (χ0v) is 11.4. The fourth-order valence-corrected chi connectivity index (χ4v) is 1.89. The molecule has 0 aliphatic rings. The first kappa shape index (κ1) is 13.4. The third-order valence-corrected chi connectivity index (χ3v) is 3.00. The predicted molar refractivity (Wildman–Crippen MR) is 75.3 cm³/mol. The molecule has 3 N–H and O–H groups in total. The molecule has 19 heavy (non-hydrogen) atoms. The highest BCUT2D eigenvalue weighted by Crippen LogP contribution is 2.21. The van der Waals surface area contributed by atoms with Crippen LogP contribution in [0.4, 0.5) is 10.1 Å². The molecule has 1 atom stereocenters. The van der Waals surface area contributed by atoms with Gasteiger partial charge in [-0.3, -0.25) is 0 Å². The number of hydrogen-bond donors (Lipinski definition) is 2. The fraction of sp³-hybridized carbons (Fsp3) is 0.250. The molecular weight excluding hydrogens is 265 g/mol. The van der Waals surface area contributed by atoms with Gasteiger partial charge >= 0.3 is 0 Å². The van der Waals surface area contributed by atoms with Gasteiger partial charge in [-0.25, -0.2) is 4.39 Å². The minimum Gasteiger partial charge on any atom is -0.389 e. The van der Waals surface area contributed by atoms with Crippen molar-refractivity contribution in [2.24, 2.45) is 12.8 Å². The highest BCUT2D eigenvalue weighted by molar-refractivity contribution is 7.80. The molecular formula is C12H14FN5S. The van der Waals surface area contributed by atoms with Crippen LogP contribution >= 0.6 is 12.2 Å². The van der Waals surface area contributed by atoms with E-state index in [4.69, 9.17) is 18.0 Å². The number of aryl methyl sites for hydroxylation is 1. The van der Waals surface area contributed by atoms with E-state index >= 15 is 0 Å². The molecule has 1 heterocycles. The highest BCUT2D eigenvalue weighted by Gasteiger charge is 2.13. The van der Waals surface area contributed by atoms with E-state index in [1.165, 1.54) is 6.07 Å². The van der Waals surface area contributed by atoms with Crippen LogP contribution in [0.2, 0.25) is 0 Å². The molecule has 0 radical (unpaired) electrons. The Kier molecular flexibility index (Phi) is 3.75. The number of hydrogen-bond acceptors (Lipinski definition) is 4. The fourth-order valence-electron chi connectivity index (χ4n) is 1.77. The Morgan fingerprint density at radius 1 is 1.53 bits per heavy atom. The summed E-state index contributed by atoms with van der Waals surface area (Å²) in [5.41, 5.74) is 6.33. The van der Waals surface area contributed by atoms with Crippen molar-refractivity contribution in [2.45, 2.75) is 13.0 Å². The van der Waals surface area contributed by atoms with Gasteiger partial charge in [-0.2, -0.15) is 0 Å². The van der Waals surface area contributed by atoms with Gasteiger partial charge in [0.2, 0.25) is 0 Å². The van der Waals surface area contributed by atoms with Crippen molar-refractivity contribution in [3.8, 4) is 0 Å². The number of nitrogens with two attached hydrogens (primary N) is 1. The number of aromatic nitrogens is 3. The van der Waals surface area contributed by atoms with Gasteiger partial charge in [0.25, 0.3) is 0 Å². The van der Waals surface area contributed by atoms with Crippen LogP contribution in [0.5, 0.6) is 0 Å². The van der Waals surface area contributed by atoms with Crippen LogP contribution in [0.15, 0.2) is 24.5 Å². The van der Waals surface area contributed by atoms with Crippen molar-refractivity contribution >= 4 is 22.9 Å². The Hall–Kier alpha value is -2.02. The molecule has 0 aliphatic heterocycles. The standard InChI is InChI=1S/C12H14FN5S/c1-7(12-17-15-6-18(12)2)16-10-4-3-8(11(14)19)5-9(10)13/h3-7,16H,1-2H3,(H2,14,19). The van der Waals surface area contributed by atoms with E-state index < -0.39 is 5.82 Å². The van der Waals surface area contributed by atoms with Crippen LogP contribution in [0.3, 0.4) is 0 Å². The molecule has 0 aliphatic carbocycles. The van der Waals surface area contributed by atoms with Crippen molar-refractivity contribution in [2.75, 3.05) is 5.32 Å². The zero-order valence-electron chi connectivity index (χ0n) is 10.6. The Morgan fingerprint density at radius 2 is 2.26 bits per heavy atom. The molecule has 0 saturated heterocycles. The van der Waals surface area contributed by atoms with E-state index in [0.717, 1.165) is 5.82 Å². The average molecular weight is 279 g/mol. The van der Waals surface area contributed by atoms with E-state index in [1.54, 1.807) is 23.0 Å². The minimum atomic E-state index is -0.403. The van der Waals surface area contributed by atoms with Crippen molar-refractivity contribution in [1.29, 1.82) is 0 Å². The SMILES string of the molecule is CC(Nc1ccc(C(N)=S)cc1F)c1nncn1C. The number of rotatable bonds is 4. The Labute approximate surface area is 115 Å². The summed E-state index contributed by atoms with van der Waals surface area (Å²) < 4.78 is 15.7. The summed E-state index contributed by atoms with van der Waals surface area (Å²) in [5.74, 6) is 0.317. The van der Waals surface area contributed by atoms with E-state index in [2.05, 4.69) is 15.5 Å². The first-order valence-electron chi connectivity index (χ1n) is 5.69. The number of thiocarbonyl (C=S) groups is 1. The maximum Gasteiger partial charge on any atom is 0.154 e. The van der Waals surface area contributed by atoms with Gasteiger partial charge in [-0.05, 0) is 25.1 Å². The lowest BCUT2D eigenvalue weighted by Crippen LogP contribution is -2.14. The normalized spacial score (nSPS) is 12.2. The van der Waals surface area contributed by atoms with Gasteiger partial charge in [0.05, 0.1) is 11.7 Å². The van der Waals surface area contributed by atoms with E-state index in [1.807, 2.05) is 14.0 Å². The van der Waals surface area contributed by atoms with Crippen molar-refractivity contribution < 1.29 is 4.39 Å². The highest BCUT2D eigenvalue weighted by atomic mass is 32.1. The molecule has 1 aromatic heterocycles. The molecule has 1 unspecified atom stereocenters. The number of benzene rings is 1. The first-order chi connectivity index (χ1) is 8.99. The second kappa shape index (κ2) is 5.31. The summed E-state index contributed by atoms with van der Waals surface area (Å²) in [5, 5.41) is 10.8. The van der Waals surface area contributed by atoms with Crippen molar-refractivity contribution in [3.63, 3.8) is 0 Å². The lowest BCUT2D eigenvalue weighted by Gasteiger charge is -2.15. The lowest BCUT2D eigenvalue weighted by atomic mass is 10.2. The van der Waals surface area contributed by atoms with Crippen LogP contribution < -0.4 is 11.1 Å². The van der Waals surface area contributed by atoms with Gasteiger partial charge in [-0.15, -0.1) is 10.2 Å². The zero-order chi connectivity index (χ0) is 14.0. The van der Waals surface area contributed by atoms with Gasteiger partial charge in [0, 0.05) is 12.6 Å². The third-order valence-electron chi connectivity index (χ3n) is 2.76. The predicted octanol–water partition coefficient (Wildman–Crippen LogP) is 1.76. The van der Waals surface area contributed by atoms with Crippen LogP contribution in [-0.4, -0.2) is 19.8 Å². The number of nitrogens with zero attached hydrogens (tertiary/aromatic N) is 3. The summed E-state index contributed by atoms with van der Waals surface area (Å²) >= 11 is 4.80. The van der Waals surface area contributed by atoms with Gasteiger partial charge in [0.1, 0.15) is 17.1 Å². The number of anilines is 1. The molecule has 2 aromatic rings. The van der Waals surface area contributed by atoms with Gasteiger partial charge < -0.3 is 15.6 Å². The number of nitrogens with one attached hydrogen (secondary N) is 1. The van der Waals surface area contributed by atoms with E-state index in [0.29, 0.717) is 11.3 Å². The molecule has 0 saturated carbocycles. The van der Waals surface area contributed by atoms with Crippen LogP contribution in [0.25, 0.3) is 0 Å². The van der Waals surface area contributed by atoms with Crippen LogP contribution in [-0.2, 0) is 7.05 Å². The number of halogens is 1. The van der Waals surface area contributed by atoms with Crippen molar-refractivity contribution in [1.82, 2.24) is 14.8 Å². The molecule has 7 heteroatoms. The molecule has 0 spiro atoms. The molecule has 0 bridgehead atoms. The maximum atomic E-state index is 13.9. The smallest absolute Gasteiger partial charge is 0.154 e. The van der Waals surface area contributed by atoms with Gasteiger partial charge in [0.15, 0.2) is 5.82 Å². The Balaban J connectivity index is 2.20. The Morgan fingerprint density at radius 3 is 2.79 bits per heavy atom. The molecule has 1 aromatic carbocycles. The second-order valence-corrected chi connectivity index (χ2v) is 4.66. The first-order valence-corrected chi connectivity index (χ1v) is 6.09. The summed E-state index contributed by atoms with van der Waals surface area (Å²) in [7, 11) is 1.83. The second-order valence-electron chi connectivity index (χ2n) is 4.22. The van der Waals surface area contributed by atoms with E-state index in [-0.39, 0.29) is 11.0 Å². The minimum absolute atomic E-state index is 0.169. The summed E-state index contributed by atoms with van der Waals surface area (Å²) in [4.78, 5) is 0.173. The average Bonchev–Trinajstić information content (AvgIpc) is 2.77. The Bertz CT molecular complexity index is 610. The van der Waals surface area contributed by atoms with Crippen LogP contribution in [0, 0.1) is 5.82 Å². The topological polar surface area (TPSA) is 68.8 Å². The monoisotopic (exact) mass is 279 g/mol. The molecule has 5 nitrogen and oxygen atoms in total. The molecule has 0 amide bonds. The summed E-state index contributed by atoms with van der Waals surface area (Å²) in [6.07, 6.45) is 1.60. The lowest BCUT2D eigenvalue weighted by molar-refractivity contribution is 0.623. The maximum absolute atomic E-state index is 13.9. The van der Waals surface area contributed by atoms with Crippen molar-refractivity contribution in [3.05, 3.63) is 41.7 Å². The largest absolute Gasteiger partial charge is 0.389 e. The van der Waals surface area contributed by atoms with E-state index in [9.17, 15) is 4.39 Å². The quantitative estimate of drug-likeness (QED) is 0.835. The van der Waals surface area contributed by atoms with Gasteiger partial charge in [-0.1, -0.05) is 12.2 Å². The van der Waals surface area contributed by atoms with Crippen LogP contribution in [0.1, 0.15) is 24.4 Å². The molecule has 100 valence electrons. The summed E-state index contributed by atoms with van der Waals surface area (Å²) in [6, 6.07) is 4.43. The molecule has 2 rings (SSSR count). The summed E-state index contributed by atoms with van der Waals surface area (Å²) in [6.45, 7) is 1.88. The molecule has 0 fully saturated rings.